The van der Waals surface area contributed by atoms with Gasteiger partial charge in [-0.15, -0.1) is 11.3 Å². The summed E-state index contributed by atoms with van der Waals surface area (Å²) < 4.78 is 11.7. The molecule has 0 aliphatic heterocycles. The summed E-state index contributed by atoms with van der Waals surface area (Å²) in [5, 5.41) is 3.15. The Hall–Kier alpha value is -2.27. The highest BCUT2D eigenvalue weighted by Crippen LogP contribution is 2.33. The first-order valence-corrected chi connectivity index (χ1v) is 9.52. The summed E-state index contributed by atoms with van der Waals surface area (Å²) in [5.74, 6) is 1.81. The molecule has 4 nitrogen and oxygen atoms in total. The van der Waals surface area contributed by atoms with E-state index in [1.807, 2.05) is 35.7 Å². The van der Waals surface area contributed by atoms with Crippen molar-refractivity contribution < 1.29 is 13.9 Å². The molecule has 1 aliphatic rings. The summed E-state index contributed by atoms with van der Waals surface area (Å²) in [4.78, 5) is 15.1. The van der Waals surface area contributed by atoms with Crippen LogP contribution in [0.5, 0.6) is 5.75 Å². The molecule has 1 aromatic carbocycles. The third-order valence-corrected chi connectivity index (χ3v) is 5.55. The van der Waals surface area contributed by atoms with Gasteiger partial charge in [-0.1, -0.05) is 6.07 Å². The van der Waals surface area contributed by atoms with Crippen LogP contribution in [0.15, 0.2) is 40.1 Å². The Morgan fingerprint density at radius 1 is 1.28 bits per heavy atom. The second-order valence-corrected chi connectivity index (χ2v) is 7.52. The van der Waals surface area contributed by atoms with E-state index in [0.29, 0.717) is 6.54 Å². The lowest BCUT2D eigenvalue weighted by Crippen LogP contribution is -2.30. The molecular weight excluding hydrogens is 334 g/mol. The van der Waals surface area contributed by atoms with Crippen molar-refractivity contribution in [2.45, 2.75) is 32.2 Å². The van der Waals surface area contributed by atoms with Crippen molar-refractivity contribution in [1.29, 1.82) is 0 Å². The molecule has 0 saturated heterocycles. The summed E-state index contributed by atoms with van der Waals surface area (Å²) in [6.45, 7) is 0.668. The summed E-state index contributed by atoms with van der Waals surface area (Å²) in [6.07, 6.45) is 4.49. The molecule has 4 rings (SSSR count). The Bertz CT molecular complexity index is 882. The van der Waals surface area contributed by atoms with Crippen molar-refractivity contribution in [3.05, 3.63) is 51.9 Å². The summed E-state index contributed by atoms with van der Waals surface area (Å²) in [7, 11) is 1.81. The van der Waals surface area contributed by atoms with Crippen LogP contribution in [0.2, 0.25) is 0 Å². The number of carbonyl (C=O) groups is 1. The van der Waals surface area contributed by atoms with E-state index in [2.05, 4.69) is 0 Å². The Morgan fingerprint density at radius 3 is 3.00 bits per heavy atom. The van der Waals surface area contributed by atoms with E-state index >= 15 is 0 Å². The van der Waals surface area contributed by atoms with E-state index in [1.165, 1.54) is 23.3 Å². The number of hydrogen-bond acceptors (Lipinski definition) is 4. The Morgan fingerprint density at radius 2 is 2.16 bits per heavy atom. The highest BCUT2D eigenvalue weighted by atomic mass is 32.1. The third kappa shape index (κ3) is 3.42. The molecule has 0 atom stereocenters. The van der Waals surface area contributed by atoms with Gasteiger partial charge >= 0.3 is 0 Å². The van der Waals surface area contributed by atoms with Crippen LogP contribution in [-0.2, 0) is 24.2 Å². The minimum atomic E-state index is -0.0253. The van der Waals surface area contributed by atoms with Gasteiger partial charge in [-0.25, -0.2) is 0 Å². The SMILES string of the molecule is CN(Cc1cccs1)C(=O)COc1ccc2oc3c(c2c1)CCCC3. The van der Waals surface area contributed by atoms with Gasteiger partial charge in [0.15, 0.2) is 6.61 Å². The number of nitrogens with zero attached hydrogens (tertiary/aromatic N) is 1. The van der Waals surface area contributed by atoms with Crippen LogP contribution in [0.4, 0.5) is 0 Å². The van der Waals surface area contributed by atoms with Crippen LogP contribution < -0.4 is 4.74 Å². The predicted octanol–water partition coefficient (Wildman–Crippen LogP) is 4.41. The van der Waals surface area contributed by atoms with Gasteiger partial charge in [-0.3, -0.25) is 4.79 Å². The minimum absolute atomic E-state index is 0.0253. The standard InChI is InChI=1S/C20H21NO3S/c1-21(12-15-5-4-10-25-15)20(22)13-23-14-8-9-19-17(11-14)16-6-2-3-7-18(16)24-19/h4-5,8-11H,2-3,6-7,12-13H2,1H3. The lowest BCUT2D eigenvalue weighted by Gasteiger charge is -2.16. The van der Waals surface area contributed by atoms with Gasteiger partial charge in [-0.2, -0.15) is 0 Å². The smallest absolute Gasteiger partial charge is 0.260 e. The zero-order valence-electron chi connectivity index (χ0n) is 14.3. The Balaban J connectivity index is 1.43. The number of likely N-dealkylation sites (N-methyl/N-ethyl adjacent to an activating group) is 1. The molecular formula is C20H21NO3S. The first-order valence-electron chi connectivity index (χ1n) is 8.64. The Kier molecular flexibility index (Phi) is 4.49. The second-order valence-electron chi connectivity index (χ2n) is 6.49. The van der Waals surface area contributed by atoms with Crippen molar-refractivity contribution in [3.63, 3.8) is 0 Å². The van der Waals surface area contributed by atoms with Crippen molar-refractivity contribution in [3.8, 4) is 5.75 Å². The number of hydrogen-bond donors (Lipinski definition) is 0. The van der Waals surface area contributed by atoms with Crippen molar-refractivity contribution in [2.24, 2.45) is 0 Å². The van der Waals surface area contributed by atoms with Crippen molar-refractivity contribution >= 4 is 28.2 Å². The fourth-order valence-corrected chi connectivity index (χ4v) is 4.07. The van der Waals surface area contributed by atoms with E-state index in [0.717, 1.165) is 35.3 Å². The maximum Gasteiger partial charge on any atom is 0.260 e. The van der Waals surface area contributed by atoms with Crippen LogP contribution >= 0.6 is 11.3 Å². The van der Waals surface area contributed by atoms with E-state index in [9.17, 15) is 4.79 Å². The van der Waals surface area contributed by atoms with Crippen molar-refractivity contribution in [2.75, 3.05) is 13.7 Å². The number of amides is 1. The molecule has 2 aromatic heterocycles. The first kappa shape index (κ1) is 16.2. The highest BCUT2D eigenvalue weighted by molar-refractivity contribution is 7.09. The second kappa shape index (κ2) is 6.92. The number of furan rings is 1. The number of fused-ring (bicyclic) bond motifs is 3. The molecule has 0 radical (unpaired) electrons. The lowest BCUT2D eigenvalue weighted by atomic mass is 9.96. The molecule has 5 heteroatoms. The fraction of sp³-hybridized carbons (Fsp3) is 0.350. The molecule has 2 heterocycles. The maximum absolute atomic E-state index is 12.3. The number of ether oxygens (including phenoxy) is 1. The molecule has 1 aliphatic carbocycles. The molecule has 0 fully saturated rings. The zero-order chi connectivity index (χ0) is 17.2. The van der Waals surface area contributed by atoms with E-state index < -0.39 is 0 Å². The third-order valence-electron chi connectivity index (χ3n) is 4.69. The van der Waals surface area contributed by atoms with Gasteiger partial charge in [0.25, 0.3) is 5.91 Å². The number of carbonyl (C=O) groups excluding carboxylic acids is 1. The van der Waals surface area contributed by atoms with Gasteiger partial charge in [0.05, 0.1) is 6.54 Å². The highest BCUT2D eigenvalue weighted by Gasteiger charge is 2.18. The first-order chi connectivity index (χ1) is 12.2. The summed E-state index contributed by atoms with van der Waals surface area (Å²) in [5.41, 5.74) is 2.23. The molecule has 0 saturated carbocycles. The monoisotopic (exact) mass is 355 g/mol. The van der Waals surface area contributed by atoms with Crippen LogP contribution in [0, 0.1) is 0 Å². The molecule has 0 N–H and O–H groups in total. The summed E-state index contributed by atoms with van der Waals surface area (Å²) >= 11 is 1.65. The molecule has 0 spiro atoms. The molecule has 0 bridgehead atoms. The number of aryl methyl sites for hydroxylation is 2. The normalized spacial score (nSPS) is 13.6. The van der Waals surface area contributed by atoms with E-state index in [4.69, 9.17) is 9.15 Å². The number of rotatable bonds is 5. The average Bonchev–Trinajstić information content (AvgIpc) is 3.26. The van der Waals surface area contributed by atoms with Crippen LogP contribution in [0.25, 0.3) is 11.0 Å². The molecule has 130 valence electrons. The predicted molar refractivity (Wildman–Crippen MR) is 99.1 cm³/mol. The van der Waals surface area contributed by atoms with Gasteiger partial charge in [0.2, 0.25) is 0 Å². The number of benzene rings is 1. The Labute approximate surface area is 151 Å². The van der Waals surface area contributed by atoms with Crippen LogP contribution in [0.3, 0.4) is 0 Å². The molecule has 1 amide bonds. The van der Waals surface area contributed by atoms with Gasteiger partial charge < -0.3 is 14.1 Å². The molecule has 0 unspecified atom stereocenters. The van der Waals surface area contributed by atoms with Gasteiger partial charge in [0.1, 0.15) is 17.1 Å². The topological polar surface area (TPSA) is 42.7 Å². The van der Waals surface area contributed by atoms with E-state index in [1.54, 1.807) is 23.3 Å². The van der Waals surface area contributed by atoms with E-state index in [-0.39, 0.29) is 12.5 Å². The average molecular weight is 355 g/mol. The number of thiophene rings is 1. The van der Waals surface area contributed by atoms with Gasteiger partial charge in [0, 0.05) is 29.3 Å². The summed E-state index contributed by atoms with van der Waals surface area (Å²) in [6, 6.07) is 9.86. The quantitative estimate of drug-likeness (QED) is 0.681. The molecule has 25 heavy (non-hydrogen) atoms. The van der Waals surface area contributed by atoms with Crippen LogP contribution in [0.1, 0.15) is 29.0 Å². The fourth-order valence-electron chi connectivity index (χ4n) is 3.31. The van der Waals surface area contributed by atoms with Crippen LogP contribution in [-0.4, -0.2) is 24.5 Å². The largest absolute Gasteiger partial charge is 0.484 e. The van der Waals surface area contributed by atoms with Crippen molar-refractivity contribution in [1.82, 2.24) is 4.90 Å². The lowest BCUT2D eigenvalue weighted by molar-refractivity contribution is -0.132. The van der Waals surface area contributed by atoms with Gasteiger partial charge in [-0.05, 0) is 48.9 Å². The zero-order valence-corrected chi connectivity index (χ0v) is 15.1. The minimum Gasteiger partial charge on any atom is -0.484 e. The molecule has 3 aromatic rings. The maximum atomic E-state index is 12.3.